The molecular weight excluding hydrogens is 580 g/mol. The van der Waals surface area contributed by atoms with Gasteiger partial charge in [-0.1, -0.05) is 39.0 Å². The van der Waals surface area contributed by atoms with E-state index >= 15 is 0 Å². The van der Waals surface area contributed by atoms with E-state index < -0.39 is 0 Å². The van der Waals surface area contributed by atoms with Crippen LogP contribution in [0, 0.1) is 0 Å². The van der Waals surface area contributed by atoms with Gasteiger partial charge in [0.25, 0.3) is 0 Å². The van der Waals surface area contributed by atoms with Crippen molar-refractivity contribution in [2.24, 2.45) is 0 Å². The maximum atomic E-state index is 13.1. The summed E-state index contributed by atoms with van der Waals surface area (Å²) in [6.45, 7) is 4.19. The predicted octanol–water partition coefficient (Wildman–Crippen LogP) is 7.01. The average Bonchev–Trinajstić information content (AvgIpc) is 2.96. The second-order valence-corrected chi connectivity index (χ2v) is 9.75. The molecule has 30 heavy (non-hydrogen) atoms. The lowest BCUT2D eigenvalue weighted by Crippen LogP contribution is -2.22. The predicted molar refractivity (Wildman–Crippen MR) is 133 cm³/mol. The number of ether oxygens (including phenoxy) is 1. The molecule has 166 valence electrons. The second-order valence-electron chi connectivity index (χ2n) is 7.35. The SMILES string of the molecule is CCCCCCCCC(=O)n1c(Br)c(CCNC(C)=O)c2c(Br)c(OC)c(Br)cc21. The van der Waals surface area contributed by atoms with Gasteiger partial charge < -0.3 is 10.1 Å². The first-order chi connectivity index (χ1) is 14.3. The molecule has 1 N–H and O–H groups in total. The molecule has 0 fully saturated rings. The fraction of sp³-hybridized carbons (Fsp3) is 0.545. The van der Waals surface area contributed by atoms with Crippen LogP contribution >= 0.6 is 47.8 Å². The third kappa shape index (κ3) is 6.10. The molecule has 0 aliphatic rings. The highest BCUT2D eigenvalue weighted by Crippen LogP contribution is 2.44. The number of hydrogen-bond acceptors (Lipinski definition) is 3. The number of nitrogens with zero attached hydrogens (tertiary/aromatic N) is 1. The monoisotopic (exact) mass is 606 g/mol. The van der Waals surface area contributed by atoms with Crippen molar-refractivity contribution in [2.75, 3.05) is 13.7 Å². The van der Waals surface area contributed by atoms with Crippen LogP contribution < -0.4 is 10.1 Å². The molecule has 1 aromatic carbocycles. The number of carbonyl (C=O) groups is 2. The molecular formula is C22H29Br3N2O3. The van der Waals surface area contributed by atoms with E-state index in [0.717, 1.165) is 42.9 Å². The van der Waals surface area contributed by atoms with E-state index in [2.05, 4.69) is 60.0 Å². The first-order valence-corrected chi connectivity index (χ1v) is 12.7. The Bertz CT molecular complexity index is 909. The lowest BCUT2D eigenvalue weighted by molar-refractivity contribution is -0.118. The minimum Gasteiger partial charge on any atom is -0.494 e. The van der Waals surface area contributed by atoms with Crippen LogP contribution in [-0.4, -0.2) is 30.0 Å². The fourth-order valence-corrected chi connectivity index (χ4v) is 6.03. The molecule has 0 saturated carbocycles. The number of hydrogen-bond donors (Lipinski definition) is 1. The van der Waals surface area contributed by atoms with Crippen LogP contribution in [0.4, 0.5) is 0 Å². The molecule has 1 amide bonds. The standard InChI is InChI=1S/C22H29Br3N2O3/c1-4-5-6-7-8-9-10-18(29)27-17-13-16(23)21(30-3)20(24)19(17)15(22(27)25)11-12-26-14(2)28/h13H,4-12H2,1-3H3,(H,26,28). The summed E-state index contributed by atoms with van der Waals surface area (Å²) in [6.07, 6.45) is 7.92. The maximum Gasteiger partial charge on any atom is 0.231 e. The summed E-state index contributed by atoms with van der Waals surface area (Å²) in [4.78, 5) is 24.4. The van der Waals surface area contributed by atoms with Crippen molar-refractivity contribution in [1.82, 2.24) is 9.88 Å². The van der Waals surface area contributed by atoms with E-state index in [0.29, 0.717) is 25.1 Å². The van der Waals surface area contributed by atoms with E-state index in [1.807, 2.05) is 6.07 Å². The number of nitrogens with one attached hydrogen (secondary N) is 1. The Kier molecular flexibility index (Phi) is 10.4. The molecule has 0 aliphatic heterocycles. The quantitative estimate of drug-likeness (QED) is 0.279. The third-order valence-electron chi connectivity index (χ3n) is 5.09. The highest BCUT2D eigenvalue weighted by atomic mass is 79.9. The Morgan fingerprint density at radius 1 is 1.10 bits per heavy atom. The molecule has 2 rings (SSSR count). The summed E-state index contributed by atoms with van der Waals surface area (Å²) in [5, 5.41) is 3.75. The van der Waals surface area contributed by atoms with Crippen molar-refractivity contribution in [2.45, 2.75) is 65.2 Å². The van der Waals surface area contributed by atoms with Crippen molar-refractivity contribution in [3.05, 3.63) is 25.2 Å². The summed E-state index contributed by atoms with van der Waals surface area (Å²) in [5.74, 6) is 0.668. The van der Waals surface area contributed by atoms with Gasteiger partial charge in [0, 0.05) is 25.3 Å². The van der Waals surface area contributed by atoms with Crippen LogP contribution in [0.5, 0.6) is 5.75 Å². The summed E-state index contributed by atoms with van der Waals surface area (Å²) < 4.78 is 9.58. The highest BCUT2D eigenvalue weighted by Gasteiger charge is 2.24. The van der Waals surface area contributed by atoms with Crippen LogP contribution in [0.2, 0.25) is 0 Å². The van der Waals surface area contributed by atoms with E-state index in [1.165, 1.54) is 32.6 Å². The number of aromatic nitrogens is 1. The van der Waals surface area contributed by atoms with Gasteiger partial charge in [0.05, 0.1) is 26.2 Å². The zero-order valence-corrected chi connectivity index (χ0v) is 22.5. The van der Waals surface area contributed by atoms with Crippen LogP contribution in [-0.2, 0) is 11.2 Å². The van der Waals surface area contributed by atoms with Crippen LogP contribution in [0.15, 0.2) is 19.6 Å². The smallest absolute Gasteiger partial charge is 0.231 e. The van der Waals surface area contributed by atoms with Crippen molar-refractivity contribution in [1.29, 1.82) is 0 Å². The number of unbranched alkanes of at least 4 members (excludes halogenated alkanes) is 5. The molecule has 0 bridgehead atoms. The molecule has 5 nitrogen and oxygen atoms in total. The molecule has 1 aromatic heterocycles. The van der Waals surface area contributed by atoms with Crippen molar-refractivity contribution in [3.63, 3.8) is 0 Å². The van der Waals surface area contributed by atoms with Gasteiger partial charge in [-0.25, -0.2) is 0 Å². The molecule has 0 atom stereocenters. The molecule has 2 aromatic rings. The number of rotatable bonds is 11. The largest absolute Gasteiger partial charge is 0.494 e. The Morgan fingerprint density at radius 3 is 2.40 bits per heavy atom. The van der Waals surface area contributed by atoms with Gasteiger partial charge in [-0.3, -0.25) is 14.2 Å². The Hall–Kier alpha value is -0.860. The molecule has 0 spiro atoms. The number of halogens is 3. The Labute approximate surface area is 203 Å². The lowest BCUT2D eigenvalue weighted by atomic mass is 10.1. The van der Waals surface area contributed by atoms with E-state index in [1.54, 1.807) is 11.7 Å². The van der Waals surface area contributed by atoms with Crippen LogP contribution in [0.3, 0.4) is 0 Å². The zero-order chi connectivity index (χ0) is 22.3. The average molecular weight is 609 g/mol. The number of carbonyl (C=O) groups excluding carboxylic acids is 2. The van der Waals surface area contributed by atoms with Crippen molar-refractivity contribution in [3.8, 4) is 5.75 Å². The Morgan fingerprint density at radius 2 is 1.77 bits per heavy atom. The molecule has 8 heteroatoms. The molecule has 1 heterocycles. The van der Waals surface area contributed by atoms with Crippen LogP contribution in [0.25, 0.3) is 10.9 Å². The normalized spacial score (nSPS) is 11.1. The Balaban J connectivity index is 2.37. The van der Waals surface area contributed by atoms with E-state index in [-0.39, 0.29) is 11.8 Å². The molecule has 0 aliphatic carbocycles. The third-order valence-corrected chi connectivity index (χ3v) is 7.27. The summed E-state index contributed by atoms with van der Waals surface area (Å²) in [6, 6.07) is 1.92. The maximum absolute atomic E-state index is 13.1. The molecule has 0 radical (unpaired) electrons. The van der Waals surface area contributed by atoms with Crippen LogP contribution in [0.1, 0.15) is 69.2 Å². The van der Waals surface area contributed by atoms with Gasteiger partial charge in [0.2, 0.25) is 11.8 Å². The first kappa shape index (κ1) is 25.4. The molecule has 0 unspecified atom stereocenters. The van der Waals surface area contributed by atoms with Gasteiger partial charge >= 0.3 is 0 Å². The summed E-state index contributed by atoms with van der Waals surface area (Å²) in [7, 11) is 1.61. The number of amides is 1. The second kappa shape index (κ2) is 12.2. The topological polar surface area (TPSA) is 60.3 Å². The van der Waals surface area contributed by atoms with Crippen molar-refractivity contribution < 1.29 is 14.3 Å². The van der Waals surface area contributed by atoms with E-state index in [9.17, 15) is 9.59 Å². The number of benzene rings is 1. The van der Waals surface area contributed by atoms with Gasteiger partial charge in [0.1, 0.15) is 5.75 Å². The van der Waals surface area contributed by atoms with Crippen molar-refractivity contribution >= 4 is 70.5 Å². The zero-order valence-electron chi connectivity index (χ0n) is 17.7. The summed E-state index contributed by atoms with van der Waals surface area (Å²) >= 11 is 10.9. The lowest BCUT2D eigenvalue weighted by Gasteiger charge is -2.10. The number of fused-ring (bicyclic) bond motifs is 1. The van der Waals surface area contributed by atoms with Gasteiger partial charge in [0.15, 0.2) is 0 Å². The highest BCUT2D eigenvalue weighted by molar-refractivity contribution is 9.11. The van der Waals surface area contributed by atoms with Gasteiger partial charge in [-0.2, -0.15) is 0 Å². The van der Waals surface area contributed by atoms with E-state index in [4.69, 9.17) is 4.74 Å². The minimum absolute atomic E-state index is 0.0668. The first-order valence-electron chi connectivity index (χ1n) is 10.4. The number of methoxy groups -OCH3 is 1. The van der Waals surface area contributed by atoms with Gasteiger partial charge in [-0.15, -0.1) is 0 Å². The van der Waals surface area contributed by atoms with Gasteiger partial charge in [-0.05, 0) is 72.3 Å². The minimum atomic E-state index is -0.0756. The fourth-order valence-electron chi connectivity index (χ4n) is 3.59. The summed E-state index contributed by atoms with van der Waals surface area (Å²) in [5.41, 5.74) is 1.78. The molecule has 0 saturated heterocycles.